The van der Waals surface area contributed by atoms with E-state index in [2.05, 4.69) is 20.8 Å². The zero-order chi connectivity index (χ0) is 17.6. The molecule has 0 radical (unpaired) electrons. The maximum atomic E-state index is 12.8. The smallest absolute Gasteiger partial charge is 0.329 e. The molecule has 1 N–H and O–H groups in total. The van der Waals surface area contributed by atoms with E-state index >= 15 is 0 Å². The molecule has 2 rings (SSSR count). The van der Waals surface area contributed by atoms with Gasteiger partial charge in [-0.15, -0.1) is 0 Å². The Kier molecular flexibility index (Phi) is 4.18. The lowest BCUT2D eigenvalue weighted by Crippen LogP contribution is -2.59. The van der Waals surface area contributed by atoms with Gasteiger partial charge in [0.25, 0.3) is 5.91 Å². The maximum Gasteiger partial charge on any atom is 0.329 e. The van der Waals surface area contributed by atoms with Gasteiger partial charge in [-0.05, 0) is 43.4 Å². The number of carbonyl (C=O) groups excluding carboxylic acids is 1. The quantitative estimate of drug-likeness (QED) is 0.928. The number of carboxylic acid groups (broad SMARTS) is 1. The standard InChI is InChI=1S/C18H25NO4/c1-7-13-15(20)19(18(5,6)16(21)22)12-10-11(17(2,3)4)8-9-14(12)23-13/h8-10,13H,7H2,1-6H3,(H,21,22). The molecule has 1 aromatic carbocycles. The Bertz CT molecular complexity index is 643. The number of hydrogen-bond donors (Lipinski definition) is 1. The van der Waals surface area contributed by atoms with Crippen molar-refractivity contribution in [3.8, 4) is 5.75 Å². The average molecular weight is 319 g/mol. The third-order valence-electron chi connectivity index (χ3n) is 4.28. The highest BCUT2D eigenvalue weighted by molar-refractivity contribution is 6.06. The molecule has 0 spiro atoms. The van der Waals surface area contributed by atoms with Crippen molar-refractivity contribution >= 4 is 17.6 Å². The van der Waals surface area contributed by atoms with Crippen molar-refractivity contribution in [2.45, 2.75) is 65.0 Å². The molecule has 0 bridgehead atoms. The van der Waals surface area contributed by atoms with Gasteiger partial charge in [0.1, 0.15) is 11.3 Å². The molecular weight excluding hydrogens is 294 g/mol. The number of carbonyl (C=O) groups is 2. The zero-order valence-electron chi connectivity index (χ0n) is 14.6. The van der Waals surface area contributed by atoms with E-state index in [4.69, 9.17) is 4.74 Å². The summed E-state index contributed by atoms with van der Waals surface area (Å²) in [4.78, 5) is 25.9. The van der Waals surface area contributed by atoms with Crippen LogP contribution in [-0.4, -0.2) is 28.6 Å². The van der Waals surface area contributed by atoms with Crippen LogP contribution in [0.3, 0.4) is 0 Å². The van der Waals surface area contributed by atoms with Gasteiger partial charge in [-0.3, -0.25) is 9.69 Å². The van der Waals surface area contributed by atoms with Crippen molar-refractivity contribution in [1.82, 2.24) is 0 Å². The number of ether oxygens (including phenoxy) is 1. The van der Waals surface area contributed by atoms with Gasteiger partial charge in [0.2, 0.25) is 0 Å². The molecule has 1 amide bonds. The van der Waals surface area contributed by atoms with Crippen LogP contribution in [0.2, 0.25) is 0 Å². The lowest BCUT2D eigenvalue weighted by Gasteiger charge is -2.42. The first-order valence-electron chi connectivity index (χ1n) is 7.88. The van der Waals surface area contributed by atoms with Crippen molar-refractivity contribution in [3.05, 3.63) is 23.8 Å². The molecule has 0 saturated carbocycles. The monoisotopic (exact) mass is 319 g/mol. The second-order valence-corrected chi connectivity index (χ2v) is 7.49. The van der Waals surface area contributed by atoms with E-state index in [9.17, 15) is 14.7 Å². The Morgan fingerprint density at radius 2 is 1.87 bits per heavy atom. The first kappa shape index (κ1) is 17.3. The molecule has 0 aromatic heterocycles. The Morgan fingerprint density at radius 3 is 2.35 bits per heavy atom. The normalized spacial score (nSPS) is 18.4. The summed E-state index contributed by atoms with van der Waals surface area (Å²) in [6.07, 6.45) is -0.160. The molecule has 1 aliphatic rings. The number of aliphatic carboxylic acids is 1. The van der Waals surface area contributed by atoms with Crippen LogP contribution in [-0.2, 0) is 15.0 Å². The number of fused-ring (bicyclic) bond motifs is 1. The summed E-state index contributed by atoms with van der Waals surface area (Å²) in [7, 11) is 0. The van der Waals surface area contributed by atoms with E-state index in [1.807, 2.05) is 25.1 Å². The number of carboxylic acids is 1. The number of rotatable bonds is 3. The summed E-state index contributed by atoms with van der Waals surface area (Å²) >= 11 is 0. The minimum atomic E-state index is -1.35. The lowest BCUT2D eigenvalue weighted by atomic mass is 9.86. The van der Waals surface area contributed by atoms with Gasteiger partial charge in [0.05, 0.1) is 5.69 Å². The SMILES string of the molecule is CCC1Oc2ccc(C(C)(C)C)cc2N(C(C)(C)C(=O)O)C1=O. The van der Waals surface area contributed by atoms with E-state index in [-0.39, 0.29) is 11.3 Å². The Morgan fingerprint density at radius 1 is 1.26 bits per heavy atom. The van der Waals surface area contributed by atoms with Crippen LogP contribution in [0.1, 0.15) is 53.5 Å². The molecule has 5 heteroatoms. The summed E-state index contributed by atoms with van der Waals surface area (Å²) in [5.41, 5.74) is 0.0893. The predicted molar refractivity (Wildman–Crippen MR) is 89.0 cm³/mol. The van der Waals surface area contributed by atoms with Crippen LogP contribution in [0, 0.1) is 0 Å². The fourth-order valence-corrected chi connectivity index (χ4v) is 2.65. The maximum absolute atomic E-state index is 12.8. The highest BCUT2D eigenvalue weighted by atomic mass is 16.5. The van der Waals surface area contributed by atoms with E-state index in [1.165, 1.54) is 4.90 Å². The van der Waals surface area contributed by atoms with E-state index in [1.54, 1.807) is 13.8 Å². The van der Waals surface area contributed by atoms with Gasteiger partial charge < -0.3 is 9.84 Å². The average Bonchev–Trinajstić information content (AvgIpc) is 2.44. The molecule has 1 aliphatic heterocycles. The minimum absolute atomic E-state index is 0.112. The van der Waals surface area contributed by atoms with Crippen LogP contribution in [0.15, 0.2) is 18.2 Å². The van der Waals surface area contributed by atoms with Gasteiger partial charge >= 0.3 is 5.97 Å². The molecule has 5 nitrogen and oxygen atoms in total. The Hall–Kier alpha value is -2.04. The van der Waals surface area contributed by atoms with Crippen molar-refractivity contribution in [2.75, 3.05) is 4.90 Å². The first-order chi connectivity index (χ1) is 10.5. The Labute approximate surface area is 137 Å². The van der Waals surface area contributed by atoms with Gasteiger partial charge in [0.15, 0.2) is 6.10 Å². The van der Waals surface area contributed by atoms with E-state index < -0.39 is 17.6 Å². The third-order valence-corrected chi connectivity index (χ3v) is 4.28. The van der Waals surface area contributed by atoms with Gasteiger partial charge in [0, 0.05) is 0 Å². The lowest BCUT2D eigenvalue weighted by molar-refractivity contribution is -0.145. The molecule has 23 heavy (non-hydrogen) atoms. The largest absolute Gasteiger partial charge is 0.480 e. The summed E-state index contributed by atoms with van der Waals surface area (Å²) in [6, 6.07) is 5.66. The summed E-state index contributed by atoms with van der Waals surface area (Å²) in [5.74, 6) is -0.799. The van der Waals surface area contributed by atoms with E-state index in [0.717, 1.165) is 5.56 Å². The van der Waals surface area contributed by atoms with Gasteiger partial charge in [-0.1, -0.05) is 33.8 Å². The van der Waals surface area contributed by atoms with Crippen LogP contribution in [0.4, 0.5) is 5.69 Å². The van der Waals surface area contributed by atoms with Crippen molar-refractivity contribution < 1.29 is 19.4 Å². The fourth-order valence-electron chi connectivity index (χ4n) is 2.65. The zero-order valence-corrected chi connectivity index (χ0v) is 14.6. The summed E-state index contributed by atoms with van der Waals surface area (Å²) in [6.45, 7) is 11.1. The van der Waals surface area contributed by atoms with E-state index in [0.29, 0.717) is 17.9 Å². The molecule has 1 aromatic rings. The fraction of sp³-hybridized carbons (Fsp3) is 0.556. The number of amides is 1. The van der Waals surface area contributed by atoms with Crippen molar-refractivity contribution in [1.29, 1.82) is 0 Å². The number of nitrogens with zero attached hydrogens (tertiary/aromatic N) is 1. The topological polar surface area (TPSA) is 66.8 Å². The van der Waals surface area contributed by atoms with Crippen LogP contribution in [0.5, 0.6) is 5.75 Å². The highest BCUT2D eigenvalue weighted by Crippen LogP contribution is 2.41. The summed E-state index contributed by atoms with van der Waals surface area (Å²) < 4.78 is 5.78. The molecule has 0 aliphatic carbocycles. The van der Waals surface area contributed by atoms with Crippen LogP contribution >= 0.6 is 0 Å². The molecular formula is C18H25NO4. The van der Waals surface area contributed by atoms with Crippen molar-refractivity contribution in [2.24, 2.45) is 0 Å². The molecule has 0 fully saturated rings. The van der Waals surface area contributed by atoms with Gasteiger partial charge in [-0.2, -0.15) is 0 Å². The van der Waals surface area contributed by atoms with Gasteiger partial charge in [-0.25, -0.2) is 4.79 Å². The Balaban J connectivity index is 2.66. The molecule has 1 unspecified atom stereocenters. The van der Waals surface area contributed by atoms with Crippen molar-refractivity contribution in [3.63, 3.8) is 0 Å². The number of benzene rings is 1. The highest BCUT2D eigenvalue weighted by Gasteiger charge is 2.45. The number of hydrogen-bond acceptors (Lipinski definition) is 3. The molecule has 1 heterocycles. The second kappa shape index (κ2) is 5.55. The second-order valence-electron chi connectivity index (χ2n) is 7.49. The molecule has 1 atom stereocenters. The summed E-state index contributed by atoms with van der Waals surface area (Å²) in [5, 5.41) is 9.59. The third kappa shape index (κ3) is 2.92. The predicted octanol–water partition coefficient (Wildman–Crippen LogP) is 3.35. The molecule has 0 saturated heterocycles. The number of anilines is 1. The minimum Gasteiger partial charge on any atom is -0.480 e. The van der Waals surface area contributed by atoms with Crippen LogP contribution < -0.4 is 9.64 Å². The molecule has 126 valence electrons. The van der Waals surface area contributed by atoms with Crippen LogP contribution in [0.25, 0.3) is 0 Å². The first-order valence-corrected chi connectivity index (χ1v) is 7.88.